The van der Waals surface area contributed by atoms with Crippen LogP contribution in [0.3, 0.4) is 0 Å². The highest BCUT2D eigenvalue weighted by molar-refractivity contribution is 8.01. The predicted octanol–water partition coefficient (Wildman–Crippen LogP) is 4.85. The van der Waals surface area contributed by atoms with Crippen LogP contribution in [-0.4, -0.2) is 30.0 Å². The second-order valence-corrected chi connectivity index (χ2v) is 8.14. The molecule has 0 saturated carbocycles. The Morgan fingerprint density at radius 1 is 1.38 bits per heavy atom. The number of fused-ring (bicyclic) bond motifs is 1. The van der Waals surface area contributed by atoms with E-state index in [1.54, 1.807) is 23.5 Å². The van der Waals surface area contributed by atoms with Crippen molar-refractivity contribution in [3.63, 3.8) is 0 Å². The van der Waals surface area contributed by atoms with Crippen LogP contribution in [0, 0.1) is 0 Å². The van der Waals surface area contributed by atoms with Gasteiger partial charge >= 0.3 is 0 Å². The van der Waals surface area contributed by atoms with Crippen LogP contribution in [-0.2, 0) is 4.79 Å². The number of benzene rings is 2. The number of aromatic nitrogens is 1. The molecule has 0 spiro atoms. The number of nitrogens with one attached hydrogen (secondary N) is 1. The number of para-hydroxylation sites is 1. The summed E-state index contributed by atoms with van der Waals surface area (Å²) in [6.07, 6.45) is 1.44. The van der Waals surface area contributed by atoms with Gasteiger partial charge in [-0.25, -0.2) is 10.4 Å². The summed E-state index contributed by atoms with van der Waals surface area (Å²) >= 11 is 15.0. The number of hydrazone groups is 1. The highest BCUT2D eigenvalue weighted by Crippen LogP contribution is 2.31. The lowest BCUT2D eigenvalue weighted by Crippen LogP contribution is -2.19. The minimum atomic E-state index is -0.238. The average molecular weight is 426 g/mol. The van der Waals surface area contributed by atoms with Crippen molar-refractivity contribution < 1.29 is 9.53 Å². The molecule has 1 heterocycles. The molecule has 0 aliphatic carbocycles. The number of hydrogen-bond acceptors (Lipinski definition) is 6. The van der Waals surface area contributed by atoms with Gasteiger partial charge in [0, 0.05) is 10.6 Å². The van der Waals surface area contributed by atoms with E-state index in [0.717, 1.165) is 14.6 Å². The van der Waals surface area contributed by atoms with Gasteiger partial charge in [0.05, 0.1) is 34.3 Å². The third kappa shape index (κ3) is 4.67. The molecular weight excluding hydrogens is 413 g/mol. The lowest BCUT2D eigenvalue weighted by molar-refractivity contribution is -0.118. The van der Waals surface area contributed by atoms with Crippen LogP contribution in [0.5, 0.6) is 5.75 Å². The molecule has 1 amide bonds. The number of thiazole rings is 1. The average Bonchev–Trinajstić information content (AvgIpc) is 3.02. The smallest absolute Gasteiger partial charge is 0.250 e. The summed E-state index contributed by atoms with van der Waals surface area (Å²) in [6.45, 7) is 0. The molecule has 0 saturated heterocycles. The van der Waals surface area contributed by atoms with E-state index in [1.165, 1.54) is 25.1 Å². The van der Waals surface area contributed by atoms with Gasteiger partial charge in [-0.15, -0.1) is 11.3 Å². The SMILES string of the molecule is COc1c(Cl)cc(Cl)cc1C=NNC(=O)CSc1nc2ccccc2s1. The van der Waals surface area contributed by atoms with Crippen molar-refractivity contribution in [2.45, 2.75) is 4.34 Å². The molecule has 0 fully saturated rings. The molecule has 9 heteroatoms. The van der Waals surface area contributed by atoms with Crippen LogP contribution in [0.1, 0.15) is 5.56 Å². The number of methoxy groups -OCH3 is 1. The van der Waals surface area contributed by atoms with Crippen molar-refractivity contribution in [2.24, 2.45) is 5.10 Å². The normalized spacial score (nSPS) is 11.2. The summed E-state index contributed by atoms with van der Waals surface area (Å²) in [5, 5.41) is 4.76. The molecule has 0 atom stereocenters. The fourth-order valence-electron chi connectivity index (χ4n) is 2.14. The maximum atomic E-state index is 12.0. The zero-order chi connectivity index (χ0) is 18.5. The molecule has 134 valence electrons. The molecule has 0 bridgehead atoms. The first-order valence-electron chi connectivity index (χ1n) is 7.40. The van der Waals surface area contributed by atoms with Gasteiger partial charge in [-0.2, -0.15) is 5.10 Å². The highest BCUT2D eigenvalue weighted by atomic mass is 35.5. The zero-order valence-corrected chi connectivity index (χ0v) is 16.7. The molecule has 0 aliphatic rings. The van der Waals surface area contributed by atoms with Gasteiger partial charge in [0.15, 0.2) is 4.34 Å². The van der Waals surface area contributed by atoms with Crippen molar-refractivity contribution >= 4 is 68.6 Å². The summed E-state index contributed by atoms with van der Waals surface area (Å²) in [5.41, 5.74) is 3.98. The lowest BCUT2D eigenvalue weighted by atomic mass is 10.2. The van der Waals surface area contributed by atoms with Crippen molar-refractivity contribution in [1.29, 1.82) is 0 Å². The fraction of sp³-hybridized carbons (Fsp3) is 0.118. The molecule has 0 unspecified atom stereocenters. The Morgan fingerprint density at radius 2 is 2.19 bits per heavy atom. The van der Waals surface area contributed by atoms with E-state index in [4.69, 9.17) is 27.9 Å². The van der Waals surface area contributed by atoms with Gasteiger partial charge in [-0.1, -0.05) is 47.1 Å². The van der Waals surface area contributed by atoms with Crippen LogP contribution in [0.2, 0.25) is 10.0 Å². The maximum absolute atomic E-state index is 12.0. The zero-order valence-electron chi connectivity index (χ0n) is 13.5. The minimum absolute atomic E-state index is 0.213. The second kappa shape index (κ2) is 8.73. The summed E-state index contributed by atoms with van der Waals surface area (Å²) < 4.78 is 7.15. The number of carbonyl (C=O) groups excluding carboxylic acids is 1. The van der Waals surface area contributed by atoms with Crippen molar-refractivity contribution in [2.75, 3.05) is 12.9 Å². The molecule has 26 heavy (non-hydrogen) atoms. The van der Waals surface area contributed by atoms with Gasteiger partial charge in [-0.05, 0) is 24.3 Å². The Kier molecular flexibility index (Phi) is 6.37. The van der Waals surface area contributed by atoms with Crippen LogP contribution in [0.15, 0.2) is 45.8 Å². The Bertz CT molecular complexity index is 943. The lowest BCUT2D eigenvalue weighted by Gasteiger charge is -2.07. The first kappa shape index (κ1) is 19.0. The number of hydrogen-bond donors (Lipinski definition) is 1. The van der Waals surface area contributed by atoms with E-state index in [9.17, 15) is 4.79 Å². The van der Waals surface area contributed by atoms with E-state index in [1.807, 2.05) is 24.3 Å². The molecular formula is C17H13Cl2N3O2S2. The van der Waals surface area contributed by atoms with Gasteiger partial charge in [0.25, 0.3) is 5.91 Å². The number of amides is 1. The molecule has 0 aliphatic heterocycles. The highest BCUT2D eigenvalue weighted by Gasteiger charge is 2.09. The molecule has 3 rings (SSSR count). The first-order valence-corrected chi connectivity index (χ1v) is 9.96. The third-order valence-corrected chi connectivity index (χ3v) is 5.91. The van der Waals surface area contributed by atoms with Crippen molar-refractivity contribution in [3.05, 3.63) is 52.0 Å². The van der Waals surface area contributed by atoms with Crippen LogP contribution < -0.4 is 10.2 Å². The summed E-state index contributed by atoms with van der Waals surface area (Å²) in [7, 11) is 1.50. The Hall–Kier alpha value is -1.80. The summed E-state index contributed by atoms with van der Waals surface area (Å²) in [4.78, 5) is 16.4. The quantitative estimate of drug-likeness (QED) is 0.348. The van der Waals surface area contributed by atoms with E-state index < -0.39 is 0 Å². The monoisotopic (exact) mass is 425 g/mol. The minimum Gasteiger partial charge on any atom is -0.495 e. The van der Waals surface area contributed by atoms with E-state index in [-0.39, 0.29) is 11.7 Å². The molecule has 1 aromatic heterocycles. The number of carbonyl (C=O) groups is 1. The van der Waals surface area contributed by atoms with Crippen LogP contribution in [0.25, 0.3) is 10.2 Å². The second-order valence-electron chi connectivity index (χ2n) is 5.04. The third-order valence-electron chi connectivity index (χ3n) is 3.24. The van der Waals surface area contributed by atoms with Crippen LogP contribution in [0.4, 0.5) is 0 Å². The van der Waals surface area contributed by atoms with Gasteiger partial charge < -0.3 is 4.74 Å². The van der Waals surface area contributed by atoms with Gasteiger partial charge in [0.1, 0.15) is 5.75 Å². The van der Waals surface area contributed by atoms with Gasteiger partial charge in [0.2, 0.25) is 0 Å². The molecule has 2 aromatic carbocycles. The van der Waals surface area contributed by atoms with E-state index in [0.29, 0.717) is 21.4 Å². The molecule has 0 radical (unpaired) electrons. The number of rotatable bonds is 6. The summed E-state index contributed by atoms with van der Waals surface area (Å²) in [6, 6.07) is 11.1. The number of thioether (sulfide) groups is 1. The van der Waals surface area contributed by atoms with Crippen LogP contribution >= 0.6 is 46.3 Å². The number of ether oxygens (including phenoxy) is 1. The maximum Gasteiger partial charge on any atom is 0.250 e. The Labute approximate surface area is 168 Å². The van der Waals surface area contributed by atoms with E-state index in [2.05, 4.69) is 15.5 Å². The number of halogens is 2. The standard InChI is InChI=1S/C17H13Cl2N3O2S2/c1-24-16-10(6-11(18)7-12(16)19)8-20-22-15(23)9-25-17-21-13-4-2-3-5-14(13)26-17/h2-8H,9H2,1H3,(H,22,23). The summed E-state index contributed by atoms with van der Waals surface area (Å²) in [5.74, 6) is 0.417. The Morgan fingerprint density at radius 3 is 2.96 bits per heavy atom. The Balaban J connectivity index is 1.58. The van der Waals surface area contributed by atoms with E-state index >= 15 is 0 Å². The fourth-order valence-corrected chi connectivity index (χ4v) is 4.58. The van der Waals surface area contributed by atoms with Gasteiger partial charge in [-0.3, -0.25) is 4.79 Å². The predicted molar refractivity (Wildman–Crippen MR) is 109 cm³/mol. The molecule has 1 N–H and O–H groups in total. The molecule has 3 aromatic rings. The molecule has 5 nitrogen and oxygen atoms in total. The van der Waals surface area contributed by atoms with Crippen molar-refractivity contribution in [1.82, 2.24) is 10.4 Å². The number of nitrogens with zero attached hydrogens (tertiary/aromatic N) is 2. The largest absolute Gasteiger partial charge is 0.495 e. The van der Waals surface area contributed by atoms with Crippen molar-refractivity contribution in [3.8, 4) is 5.75 Å². The topological polar surface area (TPSA) is 63.6 Å². The first-order chi connectivity index (χ1) is 12.6.